The van der Waals surface area contributed by atoms with Crippen molar-refractivity contribution in [3.8, 4) is 0 Å². The molecule has 0 saturated heterocycles. The van der Waals surface area contributed by atoms with E-state index in [2.05, 4.69) is 4.99 Å². The maximum absolute atomic E-state index is 12.2. The molecule has 0 heterocycles. The number of alkyl halides is 3. The number of nitrogens with zero attached hydrogens (tertiary/aromatic N) is 1. The van der Waals surface area contributed by atoms with Gasteiger partial charge in [-0.25, -0.2) is 4.79 Å². The van der Waals surface area contributed by atoms with Crippen molar-refractivity contribution in [2.45, 2.75) is 6.18 Å². The maximum atomic E-state index is 12.2. The lowest BCUT2D eigenvalue weighted by molar-refractivity contribution is -0.137. The van der Waals surface area contributed by atoms with Gasteiger partial charge in [0, 0.05) is 5.56 Å². The first kappa shape index (κ1) is 11.1. The Morgan fingerprint density at radius 2 is 2.00 bits per heavy atom. The van der Waals surface area contributed by atoms with Crippen LogP contribution in [0.2, 0.25) is 0 Å². The van der Waals surface area contributed by atoms with Gasteiger partial charge in [0.25, 0.3) is 5.91 Å². The summed E-state index contributed by atoms with van der Waals surface area (Å²) < 4.78 is 36.6. The Labute approximate surface area is 82.2 Å². The summed E-state index contributed by atoms with van der Waals surface area (Å²) in [5, 5.41) is 0. The minimum absolute atomic E-state index is 0.298. The van der Waals surface area contributed by atoms with E-state index in [9.17, 15) is 22.8 Å². The lowest BCUT2D eigenvalue weighted by Gasteiger charge is -2.06. The highest BCUT2D eigenvalue weighted by atomic mass is 19.4. The van der Waals surface area contributed by atoms with Gasteiger partial charge in [0.1, 0.15) is 0 Å². The molecule has 1 aromatic rings. The van der Waals surface area contributed by atoms with Crippen molar-refractivity contribution in [1.82, 2.24) is 0 Å². The predicted molar refractivity (Wildman–Crippen MR) is 43.9 cm³/mol. The normalized spacial score (nSPS) is 10.6. The Morgan fingerprint density at radius 1 is 1.33 bits per heavy atom. The summed E-state index contributed by atoms with van der Waals surface area (Å²) in [6.07, 6.45) is -3.56. The minimum atomic E-state index is -4.53. The molecule has 0 aliphatic carbocycles. The maximum Gasteiger partial charge on any atom is 0.416 e. The van der Waals surface area contributed by atoms with Gasteiger partial charge in [0.15, 0.2) is 0 Å². The Bertz CT molecular complexity index is 433. The molecule has 0 bridgehead atoms. The molecule has 0 unspecified atom stereocenters. The highest BCUT2D eigenvalue weighted by Crippen LogP contribution is 2.29. The summed E-state index contributed by atoms with van der Waals surface area (Å²) in [5.74, 6) is -1.05. The molecule has 0 aliphatic heterocycles. The number of benzene rings is 1. The molecular formula is C9H4F3NO2. The number of carbonyl (C=O) groups excluding carboxylic acids is 2. The van der Waals surface area contributed by atoms with Gasteiger partial charge in [-0.05, 0) is 18.2 Å². The molecule has 0 saturated carbocycles. The molecule has 1 rings (SSSR count). The lowest BCUT2D eigenvalue weighted by atomic mass is 10.1. The Balaban J connectivity index is 3.13. The Kier molecular flexibility index (Phi) is 3.01. The number of hydrogen-bond acceptors (Lipinski definition) is 2. The molecule has 0 atom stereocenters. The summed E-state index contributed by atoms with van der Waals surface area (Å²) in [5.41, 5.74) is -1.26. The molecule has 1 aromatic carbocycles. The first-order valence-corrected chi connectivity index (χ1v) is 3.74. The van der Waals surface area contributed by atoms with Crippen LogP contribution in [-0.4, -0.2) is 12.0 Å². The quantitative estimate of drug-likeness (QED) is 0.532. The van der Waals surface area contributed by atoms with E-state index in [4.69, 9.17) is 0 Å². The van der Waals surface area contributed by atoms with Crippen LogP contribution in [0.5, 0.6) is 0 Å². The monoisotopic (exact) mass is 215 g/mol. The van der Waals surface area contributed by atoms with E-state index in [1.54, 1.807) is 0 Å². The molecule has 1 amide bonds. The summed E-state index contributed by atoms with van der Waals surface area (Å²) >= 11 is 0. The minimum Gasteiger partial charge on any atom is -0.266 e. The van der Waals surface area contributed by atoms with Crippen molar-refractivity contribution < 1.29 is 22.8 Å². The van der Waals surface area contributed by atoms with Gasteiger partial charge in [-0.1, -0.05) is 6.07 Å². The van der Waals surface area contributed by atoms with Crippen LogP contribution in [0.3, 0.4) is 0 Å². The molecule has 0 aromatic heterocycles. The van der Waals surface area contributed by atoms with Crippen LogP contribution in [-0.2, 0) is 11.0 Å². The van der Waals surface area contributed by atoms with Gasteiger partial charge in [0.2, 0.25) is 6.08 Å². The topological polar surface area (TPSA) is 46.5 Å². The molecule has 0 fully saturated rings. The fourth-order valence-corrected chi connectivity index (χ4v) is 0.935. The van der Waals surface area contributed by atoms with Crippen molar-refractivity contribution in [3.63, 3.8) is 0 Å². The fourth-order valence-electron chi connectivity index (χ4n) is 0.935. The van der Waals surface area contributed by atoms with E-state index in [-0.39, 0.29) is 5.56 Å². The SMILES string of the molecule is O=C=NC(=O)c1cccc(C(F)(F)F)c1. The number of halogens is 3. The van der Waals surface area contributed by atoms with Crippen LogP contribution in [0.4, 0.5) is 13.2 Å². The smallest absolute Gasteiger partial charge is 0.266 e. The number of amides is 1. The second kappa shape index (κ2) is 4.06. The molecule has 78 valence electrons. The van der Waals surface area contributed by atoms with Crippen LogP contribution in [0.1, 0.15) is 15.9 Å². The summed E-state index contributed by atoms with van der Waals surface area (Å²) in [4.78, 5) is 23.4. The van der Waals surface area contributed by atoms with Gasteiger partial charge < -0.3 is 0 Å². The predicted octanol–water partition coefficient (Wildman–Crippen LogP) is 2.18. The number of hydrogen-bond donors (Lipinski definition) is 0. The standard InChI is InChI=1S/C9H4F3NO2/c10-9(11,12)7-3-1-2-6(4-7)8(15)13-5-14/h1-4H. The van der Waals surface area contributed by atoms with Gasteiger partial charge in [-0.2, -0.15) is 13.2 Å². The van der Waals surface area contributed by atoms with E-state index in [0.717, 1.165) is 24.3 Å². The van der Waals surface area contributed by atoms with E-state index in [1.807, 2.05) is 0 Å². The lowest BCUT2D eigenvalue weighted by Crippen LogP contribution is -2.06. The van der Waals surface area contributed by atoms with Crippen LogP contribution in [0, 0.1) is 0 Å². The third kappa shape index (κ3) is 2.75. The Morgan fingerprint density at radius 3 is 2.53 bits per heavy atom. The average Bonchev–Trinajstić information content (AvgIpc) is 2.17. The number of rotatable bonds is 1. The van der Waals surface area contributed by atoms with E-state index in [0.29, 0.717) is 6.07 Å². The highest BCUT2D eigenvalue weighted by molar-refractivity contribution is 5.97. The molecule has 0 spiro atoms. The largest absolute Gasteiger partial charge is 0.416 e. The van der Waals surface area contributed by atoms with Crippen LogP contribution in [0.25, 0.3) is 0 Å². The second-order valence-corrected chi connectivity index (χ2v) is 2.59. The van der Waals surface area contributed by atoms with Crippen molar-refractivity contribution >= 4 is 12.0 Å². The van der Waals surface area contributed by atoms with Crippen LogP contribution >= 0.6 is 0 Å². The molecule has 15 heavy (non-hydrogen) atoms. The van der Waals surface area contributed by atoms with Crippen molar-refractivity contribution in [2.24, 2.45) is 4.99 Å². The zero-order valence-electron chi connectivity index (χ0n) is 7.21. The molecule has 3 nitrogen and oxygen atoms in total. The molecule has 6 heteroatoms. The fraction of sp³-hybridized carbons (Fsp3) is 0.111. The average molecular weight is 215 g/mol. The van der Waals surface area contributed by atoms with E-state index < -0.39 is 17.6 Å². The third-order valence-corrected chi connectivity index (χ3v) is 1.58. The molecule has 0 aliphatic rings. The van der Waals surface area contributed by atoms with Crippen molar-refractivity contribution in [1.29, 1.82) is 0 Å². The number of isocyanates is 1. The first-order chi connectivity index (χ1) is 6.95. The summed E-state index contributed by atoms with van der Waals surface area (Å²) in [6, 6.07) is 3.65. The molecule has 0 radical (unpaired) electrons. The zero-order chi connectivity index (χ0) is 11.5. The summed E-state index contributed by atoms with van der Waals surface area (Å²) in [6.45, 7) is 0. The first-order valence-electron chi connectivity index (χ1n) is 3.74. The van der Waals surface area contributed by atoms with E-state index in [1.165, 1.54) is 0 Å². The number of carbonyl (C=O) groups is 1. The highest BCUT2D eigenvalue weighted by Gasteiger charge is 2.30. The Hall–Kier alpha value is -1.94. The van der Waals surface area contributed by atoms with Crippen molar-refractivity contribution in [2.75, 3.05) is 0 Å². The molecular weight excluding hydrogens is 211 g/mol. The van der Waals surface area contributed by atoms with Gasteiger partial charge >= 0.3 is 6.18 Å². The van der Waals surface area contributed by atoms with Gasteiger partial charge in [-0.15, -0.1) is 4.99 Å². The van der Waals surface area contributed by atoms with Crippen LogP contribution in [0.15, 0.2) is 29.3 Å². The molecule has 0 N–H and O–H groups in total. The zero-order valence-corrected chi connectivity index (χ0v) is 7.21. The van der Waals surface area contributed by atoms with Crippen molar-refractivity contribution in [3.05, 3.63) is 35.4 Å². The third-order valence-electron chi connectivity index (χ3n) is 1.58. The second-order valence-electron chi connectivity index (χ2n) is 2.59. The number of aliphatic imine (C=N–C) groups is 1. The van der Waals surface area contributed by atoms with Gasteiger partial charge in [0.05, 0.1) is 5.56 Å². The summed E-state index contributed by atoms with van der Waals surface area (Å²) in [7, 11) is 0. The van der Waals surface area contributed by atoms with Gasteiger partial charge in [-0.3, -0.25) is 4.79 Å². The van der Waals surface area contributed by atoms with E-state index >= 15 is 0 Å². The van der Waals surface area contributed by atoms with Crippen LogP contribution < -0.4 is 0 Å².